The van der Waals surface area contributed by atoms with E-state index >= 15 is 0 Å². The fraction of sp³-hybridized carbons (Fsp3) is 0.167. The number of aryl methyl sites for hydroxylation is 2. The number of benzene rings is 2. The quantitative estimate of drug-likeness (QED) is 0.489. The number of amides is 2. The zero-order valence-corrected chi connectivity index (χ0v) is 18.0. The van der Waals surface area contributed by atoms with E-state index in [0.717, 1.165) is 11.1 Å². The summed E-state index contributed by atoms with van der Waals surface area (Å²) in [5, 5.41) is 6.32. The Labute approximate surface area is 184 Å². The molecule has 4 rings (SSSR count). The van der Waals surface area contributed by atoms with Gasteiger partial charge < -0.3 is 19.2 Å². The van der Waals surface area contributed by atoms with Crippen molar-refractivity contribution in [2.24, 2.45) is 0 Å². The van der Waals surface area contributed by atoms with Crippen LogP contribution in [0.15, 0.2) is 69.7 Å². The van der Waals surface area contributed by atoms with Gasteiger partial charge in [0.05, 0.1) is 18.3 Å². The third-order valence-electron chi connectivity index (χ3n) is 4.85. The van der Waals surface area contributed by atoms with Crippen molar-refractivity contribution in [1.82, 2.24) is 15.0 Å². The van der Waals surface area contributed by atoms with Crippen molar-refractivity contribution in [2.45, 2.75) is 13.8 Å². The van der Waals surface area contributed by atoms with Crippen molar-refractivity contribution in [2.75, 3.05) is 18.9 Å². The predicted octanol–water partition coefficient (Wildman–Crippen LogP) is 4.32. The summed E-state index contributed by atoms with van der Waals surface area (Å²) in [7, 11) is 1.56. The molecule has 32 heavy (non-hydrogen) atoms. The number of hydrogen-bond donors (Lipinski definition) is 1. The van der Waals surface area contributed by atoms with Crippen molar-refractivity contribution >= 4 is 17.6 Å². The molecule has 2 aromatic carbocycles. The second kappa shape index (κ2) is 8.89. The summed E-state index contributed by atoms with van der Waals surface area (Å²) in [5.74, 6) is 1.11. The van der Waals surface area contributed by atoms with Gasteiger partial charge in [0.15, 0.2) is 11.6 Å². The molecule has 0 aliphatic rings. The summed E-state index contributed by atoms with van der Waals surface area (Å²) in [6, 6.07) is 16.5. The molecular formula is C24H22N4O4. The molecule has 1 N–H and O–H groups in total. The standard InChI is InChI=1S/C24H22N4O4/c1-15-8-10-17(11-9-15)20-13-25-23(31-20)18-6-4-5-7-19(18)24(30)28(3)14-22(29)26-21-12-16(2)32-27-21/h4-13H,14H2,1-3H3,(H,26,27,29). The molecule has 0 bridgehead atoms. The van der Waals surface area contributed by atoms with E-state index in [-0.39, 0.29) is 18.4 Å². The Balaban J connectivity index is 1.52. The Morgan fingerprint density at radius 2 is 1.81 bits per heavy atom. The molecule has 162 valence electrons. The fourth-order valence-corrected chi connectivity index (χ4v) is 3.21. The van der Waals surface area contributed by atoms with Gasteiger partial charge >= 0.3 is 0 Å². The van der Waals surface area contributed by atoms with Gasteiger partial charge in [-0.3, -0.25) is 9.59 Å². The van der Waals surface area contributed by atoms with E-state index in [1.165, 1.54) is 4.90 Å². The third-order valence-corrected chi connectivity index (χ3v) is 4.85. The van der Waals surface area contributed by atoms with Crippen LogP contribution < -0.4 is 5.32 Å². The molecule has 4 aromatic rings. The van der Waals surface area contributed by atoms with Crippen molar-refractivity contribution in [3.05, 3.63) is 77.7 Å². The highest BCUT2D eigenvalue weighted by Gasteiger charge is 2.21. The van der Waals surface area contributed by atoms with Crippen LogP contribution in [0.4, 0.5) is 5.82 Å². The zero-order chi connectivity index (χ0) is 22.7. The first-order valence-corrected chi connectivity index (χ1v) is 10.0. The normalized spacial score (nSPS) is 10.7. The Bertz CT molecular complexity index is 1260. The molecule has 0 aliphatic carbocycles. The maximum absolute atomic E-state index is 13.1. The van der Waals surface area contributed by atoms with E-state index < -0.39 is 0 Å². The molecule has 8 nitrogen and oxygen atoms in total. The zero-order valence-electron chi connectivity index (χ0n) is 18.0. The summed E-state index contributed by atoms with van der Waals surface area (Å²) < 4.78 is 10.9. The Hall–Kier alpha value is -4.20. The number of aromatic nitrogens is 2. The van der Waals surface area contributed by atoms with Gasteiger partial charge in [-0.15, -0.1) is 0 Å². The third kappa shape index (κ3) is 4.59. The summed E-state index contributed by atoms with van der Waals surface area (Å²) in [6.07, 6.45) is 1.64. The van der Waals surface area contributed by atoms with Crippen LogP contribution in [0.1, 0.15) is 21.7 Å². The summed E-state index contributed by atoms with van der Waals surface area (Å²) in [4.78, 5) is 31.1. The molecule has 2 aromatic heterocycles. The molecule has 0 saturated heterocycles. The first-order chi connectivity index (χ1) is 15.4. The van der Waals surface area contributed by atoms with Crippen molar-refractivity contribution in [3.8, 4) is 22.8 Å². The van der Waals surface area contributed by atoms with Gasteiger partial charge in [-0.25, -0.2) is 4.98 Å². The van der Waals surface area contributed by atoms with Gasteiger partial charge in [0.25, 0.3) is 5.91 Å². The number of nitrogens with one attached hydrogen (secondary N) is 1. The molecule has 0 atom stereocenters. The highest BCUT2D eigenvalue weighted by molar-refractivity contribution is 6.02. The number of nitrogens with zero attached hydrogens (tertiary/aromatic N) is 3. The van der Waals surface area contributed by atoms with Crippen LogP contribution in [0.3, 0.4) is 0 Å². The molecule has 2 heterocycles. The van der Waals surface area contributed by atoms with Crippen LogP contribution in [-0.2, 0) is 4.79 Å². The number of hydrogen-bond acceptors (Lipinski definition) is 6. The summed E-state index contributed by atoms with van der Waals surface area (Å²) in [5.41, 5.74) is 2.98. The minimum absolute atomic E-state index is 0.153. The average molecular weight is 430 g/mol. The van der Waals surface area contributed by atoms with E-state index in [1.807, 2.05) is 37.3 Å². The van der Waals surface area contributed by atoms with E-state index in [2.05, 4.69) is 15.5 Å². The number of rotatable bonds is 6. The minimum atomic E-state index is -0.385. The predicted molar refractivity (Wildman–Crippen MR) is 119 cm³/mol. The second-order valence-corrected chi connectivity index (χ2v) is 7.47. The molecule has 0 fully saturated rings. The van der Waals surface area contributed by atoms with Crippen molar-refractivity contribution in [3.63, 3.8) is 0 Å². The topological polar surface area (TPSA) is 101 Å². The number of likely N-dealkylation sites (N-methyl/N-ethyl adjacent to an activating group) is 1. The molecular weight excluding hydrogens is 408 g/mol. The van der Waals surface area contributed by atoms with Gasteiger partial charge in [0.1, 0.15) is 5.76 Å². The SMILES string of the molecule is Cc1ccc(-c2cnc(-c3ccccc3C(=O)N(C)CC(=O)Nc3cc(C)on3)o2)cc1. The molecule has 0 saturated carbocycles. The molecule has 2 amide bonds. The maximum atomic E-state index is 13.1. The number of carbonyl (C=O) groups excluding carboxylic acids is 2. The van der Waals surface area contributed by atoms with Gasteiger partial charge in [-0.05, 0) is 26.0 Å². The Morgan fingerprint density at radius 1 is 1.06 bits per heavy atom. The van der Waals surface area contributed by atoms with Crippen LogP contribution in [0.25, 0.3) is 22.8 Å². The largest absolute Gasteiger partial charge is 0.436 e. The maximum Gasteiger partial charge on any atom is 0.254 e. The molecule has 0 aliphatic heterocycles. The lowest BCUT2D eigenvalue weighted by Crippen LogP contribution is -2.35. The lowest BCUT2D eigenvalue weighted by molar-refractivity contribution is -0.116. The van der Waals surface area contributed by atoms with E-state index in [1.54, 1.807) is 44.4 Å². The van der Waals surface area contributed by atoms with Crippen LogP contribution in [0, 0.1) is 13.8 Å². The number of anilines is 1. The van der Waals surface area contributed by atoms with Gasteiger partial charge in [-0.2, -0.15) is 0 Å². The highest BCUT2D eigenvalue weighted by Crippen LogP contribution is 2.29. The molecule has 8 heteroatoms. The highest BCUT2D eigenvalue weighted by atomic mass is 16.5. The van der Waals surface area contributed by atoms with E-state index in [9.17, 15) is 9.59 Å². The smallest absolute Gasteiger partial charge is 0.254 e. The van der Waals surface area contributed by atoms with E-state index in [0.29, 0.717) is 34.4 Å². The number of oxazole rings is 1. The lowest BCUT2D eigenvalue weighted by Gasteiger charge is -2.17. The van der Waals surface area contributed by atoms with Crippen LogP contribution in [-0.4, -0.2) is 40.4 Å². The Kier molecular flexibility index (Phi) is 5.85. The van der Waals surface area contributed by atoms with Crippen LogP contribution >= 0.6 is 0 Å². The monoisotopic (exact) mass is 430 g/mol. The minimum Gasteiger partial charge on any atom is -0.436 e. The first-order valence-electron chi connectivity index (χ1n) is 10.0. The van der Waals surface area contributed by atoms with Gasteiger partial charge in [0, 0.05) is 24.2 Å². The summed E-state index contributed by atoms with van der Waals surface area (Å²) >= 11 is 0. The molecule has 0 radical (unpaired) electrons. The first kappa shape index (κ1) is 21.0. The average Bonchev–Trinajstić information content (AvgIpc) is 3.43. The Morgan fingerprint density at radius 3 is 2.53 bits per heavy atom. The van der Waals surface area contributed by atoms with Crippen LogP contribution in [0.5, 0.6) is 0 Å². The second-order valence-electron chi connectivity index (χ2n) is 7.47. The van der Waals surface area contributed by atoms with Crippen LogP contribution in [0.2, 0.25) is 0 Å². The van der Waals surface area contributed by atoms with Crippen molar-refractivity contribution < 1.29 is 18.5 Å². The number of carbonyl (C=O) groups is 2. The van der Waals surface area contributed by atoms with Gasteiger partial charge in [0.2, 0.25) is 11.8 Å². The molecule has 0 unspecified atom stereocenters. The van der Waals surface area contributed by atoms with Gasteiger partial charge in [-0.1, -0.05) is 47.1 Å². The van der Waals surface area contributed by atoms with E-state index in [4.69, 9.17) is 8.94 Å². The fourth-order valence-electron chi connectivity index (χ4n) is 3.21. The summed E-state index contributed by atoms with van der Waals surface area (Å²) in [6.45, 7) is 3.59. The van der Waals surface area contributed by atoms with Crippen molar-refractivity contribution in [1.29, 1.82) is 0 Å². The lowest BCUT2D eigenvalue weighted by atomic mass is 10.1. The molecule has 0 spiro atoms.